The van der Waals surface area contributed by atoms with E-state index in [-0.39, 0.29) is 11.4 Å². The van der Waals surface area contributed by atoms with Gasteiger partial charge in [-0.1, -0.05) is 0 Å². The highest BCUT2D eigenvalue weighted by Crippen LogP contribution is 2.26. The van der Waals surface area contributed by atoms with Crippen molar-refractivity contribution in [3.8, 4) is 17.0 Å². The maximum absolute atomic E-state index is 11.5. The van der Waals surface area contributed by atoms with Crippen molar-refractivity contribution in [2.75, 3.05) is 6.61 Å². The maximum atomic E-state index is 11.5. The van der Waals surface area contributed by atoms with Crippen molar-refractivity contribution < 1.29 is 14.5 Å². The number of nitro groups is 1. The first kappa shape index (κ1) is 14.7. The maximum Gasteiger partial charge on any atom is 0.286 e. The number of carbonyl (C=O) groups excluding carboxylic acids is 1. The Labute approximate surface area is 131 Å². The minimum atomic E-state index is -0.509. The number of rotatable bonds is 5. The van der Waals surface area contributed by atoms with Crippen molar-refractivity contribution >= 4 is 17.6 Å². The van der Waals surface area contributed by atoms with Crippen LogP contribution in [0.4, 0.5) is 5.69 Å². The molecule has 23 heavy (non-hydrogen) atoms. The van der Waals surface area contributed by atoms with Gasteiger partial charge in [-0.05, 0) is 37.3 Å². The number of pyridine rings is 1. The molecule has 0 N–H and O–H groups in total. The van der Waals surface area contributed by atoms with Gasteiger partial charge in [0.2, 0.25) is 0 Å². The molecule has 1 aromatic carbocycles. The standard InChI is InChI=1S/C16H13N3O4/c1-2-23-13-6-3-11(4-7-13)16-14(10-20)18-9-12(19(21)22)5-8-15(18)17-16/h3-10H,2H2,1H3. The predicted octanol–water partition coefficient (Wildman–Crippen LogP) is 3.12. The summed E-state index contributed by atoms with van der Waals surface area (Å²) in [5.41, 5.74) is 1.86. The summed E-state index contributed by atoms with van der Waals surface area (Å²) >= 11 is 0. The molecule has 0 radical (unpaired) electrons. The number of benzene rings is 1. The van der Waals surface area contributed by atoms with Crippen LogP contribution in [-0.2, 0) is 0 Å². The van der Waals surface area contributed by atoms with E-state index in [1.807, 2.05) is 6.92 Å². The van der Waals surface area contributed by atoms with Crippen LogP contribution in [0.5, 0.6) is 5.75 Å². The largest absolute Gasteiger partial charge is 0.494 e. The van der Waals surface area contributed by atoms with Crippen LogP contribution in [0.3, 0.4) is 0 Å². The monoisotopic (exact) mass is 311 g/mol. The molecule has 0 unspecified atom stereocenters. The molecule has 7 heteroatoms. The second kappa shape index (κ2) is 5.88. The Balaban J connectivity index is 2.13. The molecule has 7 nitrogen and oxygen atoms in total. The van der Waals surface area contributed by atoms with Gasteiger partial charge in [0.15, 0.2) is 6.29 Å². The van der Waals surface area contributed by atoms with Crippen LogP contribution in [0.1, 0.15) is 17.4 Å². The van der Waals surface area contributed by atoms with Crippen molar-refractivity contribution in [3.05, 3.63) is 58.4 Å². The van der Waals surface area contributed by atoms with E-state index in [1.54, 1.807) is 24.3 Å². The summed E-state index contributed by atoms with van der Waals surface area (Å²) in [5, 5.41) is 10.9. The zero-order valence-electron chi connectivity index (χ0n) is 12.3. The van der Waals surface area contributed by atoms with Crippen molar-refractivity contribution in [2.45, 2.75) is 6.92 Å². The van der Waals surface area contributed by atoms with Gasteiger partial charge in [-0.15, -0.1) is 0 Å². The molecule has 0 aliphatic carbocycles. The summed E-state index contributed by atoms with van der Waals surface area (Å²) in [5.74, 6) is 0.725. The summed E-state index contributed by atoms with van der Waals surface area (Å²) in [6.45, 7) is 2.46. The van der Waals surface area contributed by atoms with Crippen LogP contribution >= 0.6 is 0 Å². The van der Waals surface area contributed by atoms with E-state index < -0.39 is 4.92 Å². The molecule has 0 saturated carbocycles. The molecule has 3 rings (SSSR count). The number of hydrogen-bond donors (Lipinski definition) is 0. The molecule has 0 bridgehead atoms. The summed E-state index contributed by atoms with van der Waals surface area (Å²) < 4.78 is 6.81. The number of nitrogens with zero attached hydrogens (tertiary/aromatic N) is 3. The summed E-state index contributed by atoms with van der Waals surface area (Å²) in [4.78, 5) is 26.2. The fraction of sp³-hybridized carbons (Fsp3) is 0.125. The lowest BCUT2D eigenvalue weighted by Crippen LogP contribution is -1.96. The molecular formula is C16H13N3O4. The van der Waals surface area contributed by atoms with Crippen molar-refractivity contribution in [1.82, 2.24) is 9.38 Å². The lowest BCUT2D eigenvalue weighted by molar-refractivity contribution is -0.385. The average molecular weight is 311 g/mol. The zero-order chi connectivity index (χ0) is 16.4. The Hall–Kier alpha value is -3.22. The molecule has 0 fully saturated rings. The quantitative estimate of drug-likeness (QED) is 0.410. The van der Waals surface area contributed by atoms with Gasteiger partial charge >= 0.3 is 0 Å². The molecule has 0 saturated heterocycles. The van der Waals surface area contributed by atoms with Crippen molar-refractivity contribution in [3.63, 3.8) is 0 Å². The van der Waals surface area contributed by atoms with E-state index in [0.717, 1.165) is 11.3 Å². The summed E-state index contributed by atoms with van der Waals surface area (Å²) in [6, 6.07) is 10.1. The van der Waals surface area contributed by atoms with Crippen molar-refractivity contribution in [2.24, 2.45) is 0 Å². The van der Waals surface area contributed by atoms with E-state index in [0.29, 0.717) is 24.2 Å². The zero-order valence-corrected chi connectivity index (χ0v) is 12.3. The number of ether oxygens (including phenoxy) is 1. The second-order valence-corrected chi connectivity index (χ2v) is 4.79. The SMILES string of the molecule is CCOc1ccc(-c2nc3ccc([N+](=O)[O-])cn3c2C=O)cc1. The first-order valence-corrected chi connectivity index (χ1v) is 6.99. The van der Waals surface area contributed by atoms with Crippen LogP contribution in [0.15, 0.2) is 42.6 Å². The molecule has 116 valence electrons. The molecule has 0 aliphatic heterocycles. The highest BCUT2D eigenvalue weighted by molar-refractivity contribution is 5.86. The molecule has 0 aliphatic rings. The summed E-state index contributed by atoms with van der Waals surface area (Å²) in [6.07, 6.45) is 1.94. The minimum absolute atomic E-state index is 0.101. The number of carbonyl (C=O) groups is 1. The van der Waals surface area contributed by atoms with E-state index in [9.17, 15) is 14.9 Å². The molecular weight excluding hydrogens is 298 g/mol. The average Bonchev–Trinajstić information content (AvgIpc) is 2.93. The van der Waals surface area contributed by atoms with E-state index in [1.165, 1.54) is 22.7 Å². The third-order valence-electron chi connectivity index (χ3n) is 3.40. The molecule has 2 aromatic heterocycles. The third kappa shape index (κ3) is 2.64. The van der Waals surface area contributed by atoms with Crippen molar-refractivity contribution in [1.29, 1.82) is 0 Å². The Morgan fingerprint density at radius 3 is 2.61 bits per heavy atom. The highest BCUT2D eigenvalue weighted by Gasteiger charge is 2.16. The lowest BCUT2D eigenvalue weighted by atomic mass is 10.1. The third-order valence-corrected chi connectivity index (χ3v) is 3.40. The topological polar surface area (TPSA) is 86.7 Å². The van der Waals surface area contributed by atoms with E-state index >= 15 is 0 Å². The molecule has 0 amide bonds. The first-order valence-electron chi connectivity index (χ1n) is 6.99. The van der Waals surface area contributed by atoms with Crippen LogP contribution in [0, 0.1) is 10.1 Å². The number of aromatic nitrogens is 2. The van der Waals surface area contributed by atoms with Crippen LogP contribution in [0.2, 0.25) is 0 Å². The first-order chi connectivity index (χ1) is 11.1. The molecule has 0 atom stereocenters. The Bertz CT molecular complexity index is 884. The lowest BCUT2D eigenvalue weighted by Gasteiger charge is -2.03. The second-order valence-electron chi connectivity index (χ2n) is 4.79. The van der Waals surface area contributed by atoms with E-state index in [4.69, 9.17) is 4.74 Å². The number of aldehydes is 1. The highest BCUT2D eigenvalue weighted by atomic mass is 16.6. The number of fused-ring (bicyclic) bond motifs is 1. The van der Waals surface area contributed by atoms with Crippen LogP contribution in [-0.4, -0.2) is 27.2 Å². The minimum Gasteiger partial charge on any atom is -0.494 e. The van der Waals surface area contributed by atoms with Gasteiger partial charge in [-0.3, -0.25) is 19.3 Å². The molecule has 3 aromatic rings. The van der Waals surface area contributed by atoms with Gasteiger partial charge in [0.1, 0.15) is 22.8 Å². The van der Waals surface area contributed by atoms with Crippen LogP contribution < -0.4 is 4.74 Å². The Morgan fingerprint density at radius 1 is 1.26 bits per heavy atom. The van der Waals surface area contributed by atoms with Gasteiger partial charge in [-0.2, -0.15) is 0 Å². The van der Waals surface area contributed by atoms with Crippen LogP contribution in [0.25, 0.3) is 16.9 Å². The fourth-order valence-corrected chi connectivity index (χ4v) is 2.36. The molecule has 2 heterocycles. The smallest absolute Gasteiger partial charge is 0.286 e. The Kier molecular flexibility index (Phi) is 3.76. The van der Waals surface area contributed by atoms with Gasteiger partial charge in [0, 0.05) is 11.6 Å². The Morgan fingerprint density at radius 2 is 2.00 bits per heavy atom. The van der Waals surface area contributed by atoms with Gasteiger partial charge in [0.05, 0.1) is 17.7 Å². The van der Waals surface area contributed by atoms with E-state index in [2.05, 4.69) is 4.98 Å². The normalized spacial score (nSPS) is 10.7. The van der Waals surface area contributed by atoms with Gasteiger partial charge in [-0.25, -0.2) is 4.98 Å². The fourth-order valence-electron chi connectivity index (χ4n) is 2.36. The number of imidazole rings is 1. The summed E-state index contributed by atoms with van der Waals surface area (Å²) in [7, 11) is 0. The van der Waals surface area contributed by atoms with Gasteiger partial charge in [0.25, 0.3) is 5.69 Å². The van der Waals surface area contributed by atoms with Gasteiger partial charge < -0.3 is 4.74 Å². The number of hydrogen-bond acceptors (Lipinski definition) is 5. The predicted molar refractivity (Wildman–Crippen MR) is 83.8 cm³/mol. The molecule has 0 spiro atoms.